The molecule has 2 N–H and O–H groups in total. The van der Waals surface area contributed by atoms with Gasteiger partial charge in [-0.1, -0.05) is 6.07 Å². The molecule has 0 saturated heterocycles. The molecule has 1 amide bonds. The van der Waals surface area contributed by atoms with Crippen LogP contribution in [0.3, 0.4) is 0 Å². The van der Waals surface area contributed by atoms with E-state index in [-0.39, 0.29) is 18.3 Å². The molecule has 4 rings (SSSR count). The Kier molecular flexibility index (Phi) is 3.97. The zero-order valence-corrected chi connectivity index (χ0v) is 13.0. The molecule has 110 valence electrons. The van der Waals surface area contributed by atoms with Crippen LogP contribution < -0.4 is 10.6 Å². The first-order chi connectivity index (χ1) is 9.79. The third kappa shape index (κ3) is 2.95. The molecule has 1 aromatic heterocycles. The van der Waals surface area contributed by atoms with Crippen LogP contribution in [0.5, 0.6) is 0 Å². The number of rotatable bonds is 3. The van der Waals surface area contributed by atoms with Gasteiger partial charge in [-0.25, -0.2) is 4.98 Å². The van der Waals surface area contributed by atoms with E-state index in [4.69, 9.17) is 0 Å². The molecule has 1 aliphatic carbocycles. The van der Waals surface area contributed by atoms with Gasteiger partial charge in [-0.2, -0.15) is 0 Å². The molecule has 6 heteroatoms. The number of carbonyl (C=O) groups excluding carboxylic acids is 1. The molecule has 2 heterocycles. The molecule has 4 nitrogen and oxygen atoms in total. The van der Waals surface area contributed by atoms with E-state index in [1.54, 1.807) is 0 Å². The lowest BCUT2D eigenvalue weighted by Gasteiger charge is -2.04. The van der Waals surface area contributed by atoms with E-state index in [0.717, 1.165) is 18.8 Å². The van der Waals surface area contributed by atoms with Crippen LogP contribution >= 0.6 is 23.7 Å². The maximum absolute atomic E-state index is 12.2. The molecule has 0 atom stereocenters. The fourth-order valence-corrected chi connectivity index (χ4v) is 3.30. The Morgan fingerprint density at radius 1 is 1.29 bits per heavy atom. The number of hydrogen-bond acceptors (Lipinski definition) is 4. The number of nitrogens with one attached hydrogen (secondary N) is 2. The first kappa shape index (κ1) is 14.5. The van der Waals surface area contributed by atoms with Crippen molar-refractivity contribution in [2.75, 3.05) is 5.32 Å². The van der Waals surface area contributed by atoms with Gasteiger partial charge in [0.1, 0.15) is 0 Å². The van der Waals surface area contributed by atoms with E-state index >= 15 is 0 Å². The smallest absolute Gasteiger partial charge is 0.257 e. The molecule has 1 saturated carbocycles. The molecule has 2 aliphatic rings. The maximum Gasteiger partial charge on any atom is 0.257 e. The monoisotopic (exact) mass is 321 g/mol. The summed E-state index contributed by atoms with van der Waals surface area (Å²) in [4.78, 5) is 16.7. The summed E-state index contributed by atoms with van der Waals surface area (Å²) in [6.07, 6.45) is 2.46. The molecule has 2 aromatic rings. The number of amides is 1. The van der Waals surface area contributed by atoms with E-state index < -0.39 is 0 Å². The van der Waals surface area contributed by atoms with Crippen molar-refractivity contribution in [2.45, 2.75) is 31.8 Å². The van der Waals surface area contributed by atoms with Gasteiger partial charge in [-0.15, -0.1) is 23.7 Å². The number of anilines is 1. The summed E-state index contributed by atoms with van der Waals surface area (Å²) in [5.41, 5.74) is 4.33. The Morgan fingerprint density at radius 2 is 2.10 bits per heavy atom. The van der Waals surface area contributed by atoms with Crippen molar-refractivity contribution in [2.24, 2.45) is 0 Å². The van der Waals surface area contributed by atoms with Gasteiger partial charge < -0.3 is 5.32 Å². The summed E-state index contributed by atoms with van der Waals surface area (Å²) >= 11 is 1.51. The first-order valence-corrected chi connectivity index (χ1v) is 7.77. The zero-order chi connectivity index (χ0) is 13.5. The average molecular weight is 322 g/mol. The number of benzene rings is 1. The number of carbonyl (C=O) groups is 1. The molecule has 1 fully saturated rings. The summed E-state index contributed by atoms with van der Waals surface area (Å²) in [6.45, 7) is 1.74. The van der Waals surface area contributed by atoms with Crippen LogP contribution in [-0.2, 0) is 13.1 Å². The molecular weight excluding hydrogens is 306 g/mol. The van der Waals surface area contributed by atoms with Crippen LogP contribution in [0.4, 0.5) is 5.13 Å². The Morgan fingerprint density at radius 3 is 2.90 bits per heavy atom. The molecule has 1 aromatic carbocycles. The van der Waals surface area contributed by atoms with Gasteiger partial charge in [0.15, 0.2) is 5.13 Å². The summed E-state index contributed by atoms with van der Waals surface area (Å²) in [7, 11) is 0. The van der Waals surface area contributed by atoms with Crippen LogP contribution in [0.25, 0.3) is 0 Å². The quantitative estimate of drug-likeness (QED) is 0.912. The Balaban J connectivity index is 0.00000132. The Hall–Kier alpha value is -1.43. The van der Waals surface area contributed by atoms with E-state index in [9.17, 15) is 4.79 Å². The highest BCUT2D eigenvalue weighted by Crippen LogP contribution is 2.40. The van der Waals surface area contributed by atoms with Crippen LogP contribution in [0, 0.1) is 0 Å². The third-order valence-electron chi connectivity index (χ3n) is 3.84. The molecule has 0 unspecified atom stereocenters. The largest absolute Gasteiger partial charge is 0.309 e. The number of aromatic nitrogens is 1. The molecule has 0 bridgehead atoms. The minimum Gasteiger partial charge on any atom is -0.309 e. The van der Waals surface area contributed by atoms with Crippen molar-refractivity contribution in [3.63, 3.8) is 0 Å². The van der Waals surface area contributed by atoms with Gasteiger partial charge >= 0.3 is 0 Å². The Bertz CT molecular complexity index is 681. The van der Waals surface area contributed by atoms with Gasteiger partial charge in [0, 0.05) is 30.0 Å². The Labute approximate surface area is 133 Å². The predicted molar refractivity (Wildman–Crippen MR) is 86.3 cm³/mol. The lowest BCUT2D eigenvalue weighted by atomic mass is 10.1. The molecule has 0 radical (unpaired) electrons. The number of thiazole rings is 1. The first-order valence-electron chi connectivity index (χ1n) is 6.89. The number of fused-ring (bicyclic) bond motifs is 1. The van der Waals surface area contributed by atoms with Gasteiger partial charge in [-0.3, -0.25) is 10.1 Å². The second-order valence-electron chi connectivity index (χ2n) is 5.39. The van der Waals surface area contributed by atoms with Gasteiger partial charge in [-0.05, 0) is 36.1 Å². The highest BCUT2D eigenvalue weighted by atomic mass is 35.5. The molecule has 1 aliphatic heterocycles. The highest BCUT2D eigenvalue weighted by molar-refractivity contribution is 7.14. The molecule has 0 spiro atoms. The van der Waals surface area contributed by atoms with Gasteiger partial charge in [0.05, 0.1) is 5.69 Å². The summed E-state index contributed by atoms with van der Waals surface area (Å²) in [5.74, 6) is 0.555. The fourth-order valence-electron chi connectivity index (χ4n) is 2.52. The van der Waals surface area contributed by atoms with Crippen LogP contribution in [0.15, 0.2) is 23.6 Å². The van der Waals surface area contributed by atoms with Crippen LogP contribution in [0.1, 0.15) is 45.9 Å². The van der Waals surface area contributed by atoms with Gasteiger partial charge in [0.25, 0.3) is 5.91 Å². The lowest BCUT2D eigenvalue weighted by Crippen LogP contribution is -2.12. The normalized spacial score (nSPS) is 16.2. The average Bonchev–Trinajstić information content (AvgIpc) is 3.02. The van der Waals surface area contributed by atoms with E-state index in [0.29, 0.717) is 16.6 Å². The van der Waals surface area contributed by atoms with Crippen molar-refractivity contribution < 1.29 is 4.79 Å². The fraction of sp³-hybridized carbons (Fsp3) is 0.333. The topological polar surface area (TPSA) is 54.0 Å². The second-order valence-corrected chi connectivity index (χ2v) is 6.25. The van der Waals surface area contributed by atoms with Crippen molar-refractivity contribution in [1.82, 2.24) is 10.3 Å². The van der Waals surface area contributed by atoms with E-state index in [2.05, 4.69) is 21.0 Å². The van der Waals surface area contributed by atoms with Crippen molar-refractivity contribution in [1.29, 1.82) is 0 Å². The summed E-state index contributed by atoms with van der Waals surface area (Å²) in [5, 5.41) is 8.94. The highest BCUT2D eigenvalue weighted by Gasteiger charge is 2.26. The SMILES string of the molecule is Cl.O=C(Nc1nc(C2CC2)cs1)c1ccc2c(c1)CNC2. The van der Waals surface area contributed by atoms with Crippen LogP contribution in [-0.4, -0.2) is 10.9 Å². The number of hydrogen-bond donors (Lipinski definition) is 2. The van der Waals surface area contributed by atoms with Crippen LogP contribution in [0.2, 0.25) is 0 Å². The lowest BCUT2D eigenvalue weighted by molar-refractivity contribution is 0.102. The van der Waals surface area contributed by atoms with E-state index in [1.165, 1.54) is 35.3 Å². The van der Waals surface area contributed by atoms with Crippen molar-refractivity contribution in [3.8, 4) is 0 Å². The summed E-state index contributed by atoms with van der Waals surface area (Å²) in [6, 6.07) is 5.89. The van der Waals surface area contributed by atoms with Crippen molar-refractivity contribution >= 4 is 34.8 Å². The van der Waals surface area contributed by atoms with E-state index in [1.807, 2.05) is 18.2 Å². The summed E-state index contributed by atoms with van der Waals surface area (Å²) < 4.78 is 0. The number of halogens is 1. The molecule has 21 heavy (non-hydrogen) atoms. The minimum absolute atomic E-state index is 0. The standard InChI is InChI=1S/C15H15N3OS.ClH/c19-14(10-3-4-11-6-16-7-12(11)5-10)18-15-17-13(8-20-15)9-1-2-9;/h3-5,8-9,16H,1-2,6-7H2,(H,17,18,19);1H. The third-order valence-corrected chi connectivity index (χ3v) is 4.61. The number of nitrogens with zero attached hydrogens (tertiary/aromatic N) is 1. The molecular formula is C15H16ClN3OS. The second kappa shape index (κ2) is 5.75. The van der Waals surface area contributed by atoms with Gasteiger partial charge in [0.2, 0.25) is 0 Å². The maximum atomic E-state index is 12.2. The predicted octanol–water partition coefficient (Wildman–Crippen LogP) is 3.30. The zero-order valence-electron chi connectivity index (χ0n) is 11.4. The van der Waals surface area contributed by atoms with Crippen molar-refractivity contribution in [3.05, 3.63) is 46.0 Å². The minimum atomic E-state index is -0.0728.